The van der Waals surface area contributed by atoms with Crippen LogP contribution in [0.25, 0.3) is 0 Å². The van der Waals surface area contributed by atoms with Gasteiger partial charge in [-0.15, -0.1) is 0 Å². The first-order valence-electron chi connectivity index (χ1n) is 8.66. The van der Waals surface area contributed by atoms with Gasteiger partial charge in [0.25, 0.3) is 0 Å². The van der Waals surface area contributed by atoms with Crippen molar-refractivity contribution in [3.05, 3.63) is 30.1 Å². The zero-order valence-corrected chi connectivity index (χ0v) is 15.1. The van der Waals surface area contributed by atoms with E-state index >= 15 is 0 Å². The van der Waals surface area contributed by atoms with Crippen molar-refractivity contribution < 1.29 is 18.6 Å². The molecule has 0 amide bonds. The van der Waals surface area contributed by atoms with Gasteiger partial charge in [-0.3, -0.25) is 4.99 Å². The molecule has 1 aliphatic heterocycles. The van der Waals surface area contributed by atoms with Gasteiger partial charge in [0.15, 0.2) is 17.5 Å². The summed E-state index contributed by atoms with van der Waals surface area (Å²) in [7, 11) is 1.70. The van der Waals surface area contributed by atoms with Gasteiger partial charge in [0.05, 0.1) is 25.9 Å². The third-order valence-corrected chi connectivity index (χ3v) is 3.80. The summed E-state index contributed by atoms with van der Waals surface area (Å²) in [6.45, 7) is 6.43. The van der Waals surface area contributed by atoms with E-state index in [1.54, 1.807) is 25.2 Å². The van der Waals surface area contributed by atoms with Crippen molar-refractivity contribution >= 4 is 5.96 Å². The van der Waals surface area contributed by atoms with E-state index in [1.807, 2.05) is 13.8 Å². The lowest BCUT2D eigenvalue weighted by atomic mass is 10.3. The molecule has 0 spiro atoms. The minimum atomic E-state index is -0.362. The van der Waals surface area contributed by atoms with E-state index in [9.17, 15) is 4.39 Å². The number of hydrogen-bond donors (Lipinski definition) is 2. The van der Waals surface area contributed by atoms with E-state index in [1.165, 1.54) is 6.07 Å². The van der Waals surface area contributed by atoms with Crippen molar-refractivity contribution in [2.24, 2.45) is 4.99 Å². The van der Waals surface area contributed by atoms with Gasteiger partial charge in [0.1, 0.15) is 6.10 Å². The summed E-state index contributed by atoms with van der Waals surface area (Å²) in [6, 6.07) is 6.49. The highest BCUT2D eigenvalue weighted by Gasteiger charge is 2.17. The largest absolute Gasteiger partial charge is 0.486 e. The summed E-state index contributed by atoms with van der Waals surface area (Å²) in [4.78, 5) is 4.19. The molecular formula is C18H28FN3O3. The van der Waals surface area contributed by atoms with Gasteiger partial charge in [0, 0.05) is 19.7 Å². The van der Waals surface area contributed by atoms with Crippen LogP contribution in [-0.4, -0.2) is 57.6 Å². The molecule has 0 aliphatic carbocycles. The summed E-state index contributed by atoms with van der Waals surface area (Å²) in [5.41, 5.74) is 0. The Morgan fingerprint density at radius 2 is 2.20 bits per heavy atom. The van der Waals surface area contributed by atoms with E-state index in [0.717, 1.165) is 13.0 Å². The molecule has 0 aromatic heterocycles. The number of rotatable bonds is 8. The SMILES string of the molecule is CN=C(NCC(C)Oc1ccccc1F)NC(C)COC1CCOC1. The molecule has 1 fully saturated rings. The van der Waals surface area contributed by atoms with Crippen LogP contribution in [0.4, 0.5) is 4.39 Å². The molecular weight excluding hydrogens is 325 g/mol. The molecule has 25 heavy (non-hydrogen) atoms. The van der Waals surface area contributed by atoms with Crippen molar-refractivity contribution in [2.75, 3.05) is 33.4 Å². The minimum Gasteiger partial charge on any atom is -0.486 e. The first kappa shape index (κ1) is 19.5. The number of ether oxygens (including phenoxy) is 3. The fourth-order valence-corrected chi connectivity index (χ4v) is 2.43. The highest BCUT2D eigenvalue weighted by Crippen LogP contribution is 2.16. The Morgan fingerprint density at radius 3 is 2.88 bits per heavy atom. The van der Waals surface area contributed by atoms with Gasteiger partial charge in [-0.1, -0.05) is 12.1 Å². The monoisotopic (exact) mass is 353 g/mol. The average molecular weight is 353 g/mol. The molecule has 3 unspecified atom stereocenters. The maximum Gasteiger partial charge on any atom is 0.191 e. The molecule has 0 radical (unpaired) electrons. The summed E-state index contributed by atoms with van der Waals surface area (Å²) >= 11 is 0. The predicted molar refractivity (Wildman–Crippen MR) is 95.6 cm³/mol. The maximum absolute atomic E-state index is 13.6. The van der Waals surface area contributed by atoms with E-state index in [0.29, 0.717) is 25.7 Å². The van der Waals surface area contributed by atoms with Gasteiger partial charge < -0.3 is 24.8 Å². The van der Waals surface area contributed by atoms with Crippen LogP contribution in [0, 0.1) is 5.82 Å². The van der Waals surface area contributed by atoms with Gasteiger partial charge in [-0.25, -0.2) is 4.39 Å². The molecule has 0 bridgehead atoms. The third kappa shape index (κ3) is 6.88. The normalized spacial score (nSPS) is 20.2. The van der Waals surface area contributed by atoms with Crippen molar-refractivity contribution in [3.63, 3.8) is 0 Å². The first-order chi connectivity index (χ1) is 12.1. The van der Waals surface area contributed by atoms with Crippen LogP contribution in [0.2, 0.25) is 0 Å². The number of hydrogen-bond acceptors (Lipinski definition) is 4. The summed E-state index contributed by atoms with van der Waals surface area (Å²) in [5, 5.41) is 6.44. The molecule has 1 aliphatic rings. The fraction of sp³-hybridized carbons (Fsp3) is 0.611. The van der Waals surface area contributed by atoms with Crippen molar-refractivity contribution in [2.45, 2.75) is 38.5 Å². The Kier molecular flexibility index (Phi) is 7.94. The van der Waals surface area contributed by atoms with Crippen molar-refractivity contribution in [1.29, 1.82) is 0 Å². The molecule has 1 heterocycles. The second-order valence-corrected chi connectivity index (χ2v) is 6.18. The molecule has 3 atom stereocenters. The molecule has 1 saturated heterocycles. The van der Waals surface area contributed by atoms with Gasteiger partial charge >= 0.3 is 0 Å². The highest BCUT2D eigenvalue weighted by atomic mass is 19.1. The Hall–Kier alpha value is -1.86. The van der Waals surface area contributed by atoms with Crippen LogP contribution in [0.3, 0.4) is 0 Å². The molecule has 1 aromatic carbocycles. The first-order valence-corrected chi connectivity index (χ1v) is 8.66. The third-order valence-electron chi connectivity index (χ3n) is 3.80. The molecule has 140 valence electrons. The molecule has 2 rings (SSSR count). The lowest BCUT2D eigenvalue weighted by molar-refractivity contribution is 0.0347. The number of nitrogens with zero attached hydrogens (tertiary/aromatic N) is 1. The topological polar surface area (TPSA) is 64.1 Å². The van der Waals surface area contributed by atoms with Crippen LogP contribution >= 0.6 is 0 Å². The van der Waals surface area contributed by atoms with E-state index in [-0.39, 0.29) is 29.8 Å². The summed E-state index contributed by atoms with van der Waals surface area (Å²) in [6.07, 6.45) is 0.927. The summed E-state index contributed by atoms with van der Waals surface area (Å²) < 4.78 is 30.3. The molecule has 7 heteroatoms. The lowest BCUT2D eigenvalue weighted by Crippen LogP contribution is -2.46. The second-order valence-electron chi connectivity index (χ2n) is 6.18. The van der Waals surface area contributed by atoms with Crippen molar-refractivity contribution in [3.8, 4) is 5.75 Å². The second kappa shape index (κ2) is 10.2. The quantitative estimate of drug-likeness (QED) is 0.552. The smallest absolute Gasteiger partial charge is 0.191 e. The number of aliphatic imine (C=N–C) groups is 1. The molecule has 2 N–H and O–H groups in total. The molecule has 6 nitrogen and oxygen atoms in total. The van der Waals surface area contributed by atoms with Crippen LogP contribution in [0.1, 0.15) is 20.3 Å². The molecule has 0 saturated carbocycles. The van der Waals surface area contributed by atoms with Crippen LogP contribution in [0.15, 0.2) is 29.3 Å². The van der Waals surface area contributed by atoms with Gasteiger partial charge in [-0.2, -0.15) is 0 Å². The van der Waals surface area contributed by atoms with E-state index in [2.05, 4.69) is 15.6 Å². The van der Waals surface area contributed by atoms with Crippen molar-refractivity contribution in [1.82, 2.24) is 10.6 Å². The van der Waals surface area contributed by atoms with Gasteiger partial charge in [0.2, 0.25) is 0 Å². The van der Waals surface area contributed by atoms with Crippen LogP contribution in [-0.2, 0) is 9.47 Å². The number of benzene rings is 1. The zero-order valence-electron chi connectivity index (χ0n) is 15.1. The Bertz CT molecular complexity index is 550. The van der Waals surface area contributed by atoms with Gasteiger partial charge in [-0.05, 0) is 32.4 Å². The highest BCUT2D eigenvalue weighted by molar-refractivity contribution is 5.79. The summed E-state index contributed by atoms with van der Waals surface area (Å²) in [5.74, 6) is 0.543. The molecule has 1 aromatic rings. The average Bonchev–Trinajstić information content (AvgIpc) is 3.12. The Morgan fingerprint density at radius 1 is 1.40 bits per heavy atom. The standard InChI is InChI=1S/C18H28FN3O3/c1-13(11-24-15-8-9-23-12-15)22-18(20-3)21-10-14(2)25-17-7-5-4-6-16(17)19/h4-7,13-15H,8-12H2,1-3H3,(H2,20,21,22). The van der Waals surface area contributed by atoms with E-state index < -0.39 is 0 Å². The fourth-order valence-electron chi connectivity index (χ4n) is 2.43. The number of guanidine groups is 1. The van der Waals surface area contributed by atoms with E-state index in [4.69, 9.17) is 14.2 Å². The zero-order chi connectivity index (χ0) is 18.1. The Labute approximate surface area is 148 Å². The number of para-hydroxylation sites is 1. The maximum atomic E-state index is 13.6. The lowest BCUT2D eigenvalue weighted by Gasteiger charge is -2.21. The number of halogens is 1. The van der Waals surface area contributed by atoms with Crippen LogP contribution < -0.4 is 15.4 Å². The minimum absolute atomic E-state index is 0.106. The predicted octanol–water partition coefficient (Wildman–Crippen LogP) is 1.95. The Balaban J connectivity index is 1.69. The number of nitrogens with one attached hydrogen (secondary N) is 2. The van der Waals surface area contributed by atoms with Crippen LogP contribution in [0.5, 0.6) is 5.75 Å².